The molecule has 0 aliphatic carbocycles. The Kier molecular flexibility index (Phi) is 11.1. The molecule has 2 aromatic heterocycles. The summed E-state index contributed by atoms with van der Waals surface area (Å²) in [5.74, 6) is -0.361. The number of pyridine rings is 1. The fourth-order valence-electron chi connectivity index (χ4n) is 5.06. The Bertz CT molecular complexity index is 2020. The van der Waals surface area contributed by atoms with Crippen molar-refractivity contribution in [3.05, 3.63) is 101 Å². The number of alkyl carbamates (subject to hydrolysis) is 1. The van der Waals surface area contributed by atoms with Gasteiger partial charge in [-0.05, 0) is 95.0 Å². The van der Waals surface area contributed by atoms with Crippen molar-refractivity contribution in [1.82, 2.24) is 10.3 Å². The van der Waals surface area contributed by atoms with Crippen molar-refractivity contribution in [2.45, 2.75) is 73.3 Å². The number of carbonyl (C=O) groups is 4. The Morgan fingerprint density at radius 1 is 0.898 bits per heavy atom. The fourth-order valence-corrected chi connectivity index (χ4v) is 6.45. The van der Waals surface area contributed by atoms with E-state index in [1.807, 2.05) is 13.0 Å². The summed E-state index contributed by atoms with van der Waals surface area (Å²) in [6, 6.07) is 11.3. The molecule has 0 spiro atoms. The summed E-state index contributed by atoms with van der Waals surface area (Å²) >= 11 is 1.22. The van der Waals surface area contributed by atoms with Crippen molar-refractivity contribution >= 4 is 67.5 Å². The molecule has 4 aromatic rings. The maximum absolute atomic E-state index is 13.8. The number of amides is 2. The first-order chi connectivity index (χ1) is 23.0. The van der Waals surface area contributed by atoms with Crippen LogP contribution in [0.1, 0.15) is 85.2 Å². The molecule has 0 fully saturated rings. The number of esters is 1. The lowest BCUT2D eigenvalue weighted by atomic mass is 9.97. The van der Waals surface area contributed by atoms with E-state index in [2.05, 4.69) is 35.4 Å². The number of carbonyl (C=O) groups excluding carboxylic acids is 4. The molecule has 2 heterocycles. The van der Waals surface area contributed by atoms with Gasteiger partial charge in [0.25, 0.3) is 5.91 Å². The molecule has 256 valence electrons. The van der Waals surface area contributed by atoms with Crippen LogP contribution in [0.5, 0.6) is 0 Å². The molecule has 1 atom stereocenters. The minimum Gasteiger partial charge on any atom is -0.494 e. The summed E-state index contributed by atoms with van der Waals surface area (Å²) in [6.07, 6.45) is -0.760. The summed E-state index contributed by atoms with van der Waals surface area (Å²) in [4.78, 5) is 56.6. The van der Waals surface area contributed by atoms with Gasteiger partial charge in [-0.1, -0.05) is 37.9 Å². The quantitative estimate of drug-likeness (QED) is 0.0657. The van der Waals surface area contributed by atoms with Gasteiger partial charge in [0, 0.05) is 26.6 Å². The highest BCUT2D eigenvalue weighted by atomic mass is 32.1. The Labute approximate surface area is 289 Å². The maximum Gasteiger partial charge on any atom is 0.408 e. The summed E-state index contributed by atoms with van der Waals surface area (Å²) < 4.78 is 17.2. The number of ether oxygens (including phenoxy) is 3. The number of hydrogen-bond donors (Lipinski definition) is 2. The molecule has 0 radical (unpaired) electrons. The highest BCUT2D eigenvalue weighted by Gasteiger charge is 2.27. The van der Waals surface area contributed by atoms with Gasteiger partial charge >= 0.3 is 12.1 Å². The van der Waals surface area contributed by atoms with Crippen LogP contribution in [0.4, 0.5) is 10.6 Å². The molecule has 2 N–H and O–H groups in total. The molecule has 0 bridgehead atoms. The highest BCUT2D eigenvalue weighted by Crippen LogP contribution is 2.40. The van der Waals surface area contributed by atoms with Crippen molar-refractivity contribution < 1.29 is 33.4 Å². The number of aromatic nitrogens is 1. The number of nitrogens with zero attached hydrogens (tertiary/aromatic N) is 1. The number of ketones is 1. The molecule has 11 heteroatoms. The molecular weight excluding hydrogens is 642 g/mol. The number of anilines is 1. The van der Waals surface area contributed by atoms with Gasteiger partial charge in [-0.2, -0.15) is 0 Å². The molecule has 0 unspecified atom stereocenters. The number of Topliss-reactive ketones (excluding diaryl/α,β-unsaturated/α-hetero) is 1. The van der Waals surface area contributed by atoms with E-state index >= 15 is 0 Å². The van der Waals surface area contributed by atoms with Gasteiger partial charge in [-0.25, -0.2) is 14.6 Å². The molecular formula is C38H41N3O7S. The lowest BCUT2D eigenvalue weighted by Crippen LogP contribution is -2.44. The number of hydrogen-bond acceptors (Lipinski definition) is 9. The Hall–Kier alpha value is -5.29. The molecule has 0 saturated carbocycles. The monoisotopic (exact) mass is 683 g/mol. The summed E-state index contributed by atoms with van der Waals surface area (Å²) in [7, 11) is 0. The van der Waals surface area contributed by atoms with Gasteiger partial charge in [0.15, 0.2) is 11.8 Å². The zero-order chi connectivity index (χ0) is 36.2. The second-order valence-corrected chi connectivity index (χ2v) is 13.8. The van der Waals surface area contributed by atoms with Gasteiger partial charge < -0.3 is 24.8 Å². The zero-order valence-corrected chi connectivity index (χ0v) is 29.7. The van der Waals surface area contributed by atoms with Crippen molar-refractivity contribution in [1.29, 1.82) is 0 Å². The van der Waals surface area contributed by atoms with Gasteiger partial charge in [-0.3, -0.25) is 9.59 Å². The van der Waals surface area contributed by atoms with Crippen LogP contribution in [0.3, 0.4) is 0 Å². The Morgan fingerprint density at radius 3 is 2.20 bits per heavy atom. The van der Waals surface area contributed by atoms with Crippen molar-refractivity contribution in [2.24, 2.45) is 0 Å². The molecule has 49 heavy (non-hydrogen) atoms. The van der Waals surface area contributed by atoms with E-state index in [0.717, 1.165) is 10.9 Å². The first kappa shape index (κ1) is 36.5. The average Bonchev–Trinajstić information content (AvgIpc) is 3.41. The van der Waals surface area contributed by atoms with Crippen LogP contribution >= 0.6 is 11.3 Å². The van der Waals surface area contributed by atoms with Crippen molar-refractivity contribution in [3.63, 3.8) is 0 Å². The SMILES string of the molecule is C=C(C)OCc1ccc(C(C)=O)c2sc(C(=O)Nc3ccc4c(COC(=O)[C@@H](NC(=O)OC(C)(C)C)C(=C)C)cccc4n3)c(C(=C)C)c12. The van der Waals surface area contributed by atoms with Crippen molar-refractivity contribution in [3.8, 4) is 0 Å². The topological polar surface area (TPSA) is 133 Å². The van der Waals surface area contributed by atoms with Crippen LogP contribution in [0.25, 0.3) is 26.6 Å². The largest absolute Gasteiger partial charge is 0.494 e. The molecule has 4 rings (SSSR count). The van der Waals surface area contributed by atoms with E-state index < -0.39 is 29.6 Å². The number of rotatable bonds is 12. The first-order valence-corrected chi connectivity index (χ1v) is 16.3. The predicted octanol–water partition coefficient (Wildman–Crippen LogP) is 8.50. The first-order valence-electron chi connectivity index (χ1n) is 15.5. The van der Waals surface area contributed by atoms with Crippen LogP contribution < -0.4 is 10.6 Å². The van der Waals surface area contributed by atoms with Crippen LogP contribution in [0.2, 0.25) is 0 Å². The second kappa shape index (κ2) is 14.9. The number of fused-ring (bicyclic) bond motifs is 2. The van der Waals surface area contributed by atoms with E-state index in [4.69, 9.17) is 14.2 Å². The Morgan fingerprint density at radius 2 is 1.59 bits per heavy atom. The smallest absolute Gasteiger partial charge is 0.408 e. The molecule has 10 nitrogen and oxygen atoms in total. The lowest BCUT2D eigenvalue weighted by molar-refractivity contribution is -0.146. The average molecular weight is 684 g/mol. The number of benzene rings is 2. The maximum atomic E-state index is 13.8. The van der Waals surface area contributed by atoms with Crippen LogP contribution in [-0.4, -0.2) is 40.4 Å². The minimum absolute atomic E-state index is 0.0942. The zero-order valence-electron chi connectivity index (χ0n) is 28.9. The molecule has 0 aliphatic rings. The van der Waals surface area contributed by atoms with Gasteiger partial charge in [-0.15, -0.1) is 11.3 Å². The summed E-state index contributed by atoms with van der Waals surface area (Å²) in [5, 5.41) is 6.86. The van der Waals surface area contributed by atoms with Crippen LogP contribution in [0, 0.1) is 0 Å². The molecule has 2 amide bonds. The van der Waals surface area contributed by atoms with E-state index in [1.165, 1.54) is 18.3 Å². The van der Waals surface area contributed by atoms with E-state index in [9.17, 15) is 19.2 Å². The number of allylic oxidation sites excluding steroid dienone is 2. The van der Waals surface area contributed by atoms with E-state index in [1.54, 1.807) is 71.0 Å². The third kappa shape index (κ3) is 8.80. The van der Waals surface area contributed by atoms with Gasteiger partial charge in [0.05, 0.1) is 11.3 Å². The number of nitrogens with one attached hydrogen (secondary N) is 2. The summed E-state index contributed by atoms with van der Waals surface area (Å²) in [6.45, 7) is 23.7. The van der Waals surface area contributed by atoms with E-state index in [0.29, 0.717) is 59.9 Å². The van der Waals surface area contributed by atoms with Crippen molar-refractivity contribution in [2.75, 3.05) is 5.32 Å². The van der Waals surface area contributed by atoms with E-state index in [-0.39, 0.29) is 19.0 Å². The fraction of sp³-hybridized carbons (Fsp3) is 0.289. The highest BCUT2D eigenvalue weighted by molar-refractivity contribution is 7.21. The normalized spacial score (nSPS) is 11.8. The summed E-state index contributed by atoms with van der Waals surface area (Å²) in [5.41, 5.74) is 3.49. The Balaban J connectivity index is 1.59. The molecule has 0 aliphatic heterocycles. The predicted molar refractivity (Wildman–Crippen MR) is 194 cm³/mol. The van der Waals surface area contributed by atoms with Crippen LogP contribution in [-0.2, 0) is 32.2 Å². The standard InChI is InChI=1S/C38H41N3O7S/c1-20(2)30-31-25(19-46-22(5)6)14-15-26(23(7)42)33(31)49-34(30)35(43)40-29-17-16-27-24(12-11-13-28(27)39-29)18-47-36(44)32(21(3)4)41-37(45)48-38(8,9)10/h11-17,32H,1,3,5,18-19H2,2,4,6-10H3,(H,41,45)(H,39,40,43)/t32-/m0/s1. The van der Waals surface area contributed by atoms with Gasteiger partial charge in [0.2, 0.25) is 0 Å². The second-order valence-electron chi connectivity index (χ2n) is 12.8. The van der Waals surface area contributed by atoms with Crippen LogP contribution in [0.15, 0.2) is 73.5 Å². The minimum atomic E-state index is -1.09. The van der Waals surface area contributed by atoms with Gasteiger partial charge in [0.1, 0.15) is 29.5 Å². The third-order valence-electron chi connectivity index (χ3n) is 7.23. The lowest BCUT2D eigenvalue weighted by Gasteiger charge is -2.23. The molecule has 0 saturated heterocycles. The third-order valence-corrected chi connectivity index (χ3v) is 8.46. The molecule has 2 aromatic carbocycles. The number of thiophene rings is 1.